The lowest BCUT2D eigenvalue weighted by molar-refractivity contribution is 0.524. The third-order valence-corrected chi connectivity index (χ3v) is 3.91. The second-order valence-electron chi connectivity index (χ2n) is 5.43. The summed E-state index contributed by atoms with van der Waals surface area (Å²) in [4.78, 5) is 10.2. The van der Waals surface area contributed by atoms with Gasteiger partial charge in [0.2, 0.25) is 5.95 Å². The molecule has 104 valence electrons. The number of rotatable bonds is 5. The standard InChI is InChI=1S/C14H22N4S/c1-9(2)7-18-8-10(3)16-14(18)17-12(5)13-15-6-11(4)19-13/h6,8-9,12H,7H2,1-5H3,(H,16,17). The van der Waals surface area contributed by atoms with Gasteiger partial charge in [-0.25, -0.2) is 9.97 Å². The van der Waals surface area contributed by atoms with E-state index in [9.17, 15) is 0 Å². The van der Waals surface area contributed by atoms with Crippen LogP contribution in [0.2, 0.25) is 0 Å². The fourth-order valence-electron chi connectivity index (χ4n) is 2.02. The molecule has 0 aliphatic rings. The van der Waals surface area contributed by atoms with Crippen LogP contribution >= 0.6 is 11.3 Å². The summed E-state index contributed by atoms with van der Waals surface area (Å²) in [5.41, 5.74) is 1.05. The fraction of sp³-hybridized carbons (Fsp3) is 0.571. The minimum Gasteiger partial charge on any atom is -0.347 e. The highest BCUT2D eigenvalue weighted by Crippen LogP contribution is 2.23. The van der Waals surface area contributed by atoms with Crippen LogP contribution in [0.5, 0.6) is 0 Å². The minimum absolute atomic E-state index is 0.186. The van der Waals surface area contributed by atoms with Crippen LogP contribution in [0.15, 0.2) is 12.4 Å². The number of hydrogen-bond donors (Lipinski definition) is 1. The maximum atomic E-state index is 4.56. The third-order valence-electron chi connectivity index (χ3n) is 2.81. The first-order chi connectivity index (χ1) is 8.95. The van der Waals surface area contributed by atoms with E-state index in [2.05, 4.69) is 53.7 Å². The van der Waals surface area contributed by atoms with Gasteiger partial charge in [0.05, 0.1) is 11.7 Å². The Bertz CT molecular complexity index is 541. The van der Waals surface area contributed by atoms with Crippen molar-refractivity contribution in [3.63, 3.8) is 0 Å². The normalized spacial score (nSPS) is 12.9. The second-order valence-corrected chi connectivity index (χ2v) is 6.69. The molecule has 2 rings (SSSR count). The average Bonchev–Trinajstić information content (AvgIpc) is 2.85. The lowest BCUT2D eigenvalue weighted by Crippen LogP contribution is -2.13. The maximum Gasteiger partial charge on any atom is 0.203 e. The summed E-state index contributed by atoms with van der Waals surface area (Å²) >= 11 is 1.73. The van der Waals surface area contributed by atoms with Gasteiger partial charge in [-0.15, -0.1) is 11.3 Å². The Kier molecular flexibility index (Phi) is 4.24. The van der Waals surface area contributed by atoms with Gasteiger partial charge in [-0.2, -0.15) is 0 Å². The van der Waals surface area contributed by atoms with E-state index in [1.807, 2.05) is 13.1 Å². The Morgan fingerprint density at radius 2 is 2.05 bits per heavy atom. The Morgan fingerprint density at radius 3 is 2.63 bits per heavy atom. The highest BCUT2D eigenvalue weighted by atomic mass is 32.1. The van der Waals surface area contributed by atoms with E-state index in [0.717, 1.165) is 23.2 Å². The predicted octanol–water partition coefficient (Wildman–Crippen LogP) is 3.79. The maximum absolute atomic E-state index is 4.56. The summed E-state index contributed by atoms with van der Waals surface area (Å²) in [7, 11) is 0. The zero-order valence-corrected chi connectivity index (χ0v) is 13.1. The molecular weight excluding hydrogens is 256 g/mol. The van der Waals surface area contributed by atoms with Crippen molar-refractivity contribution in [3.05, 3.63) is 28.0 Å². The van der Waals surface area contributed by atoms with Gasteiger partial charge in [0.15, 0.2) is 0 Å². The monoisotopic (exact) mass is 278 g/mol. The summed E-state index contributed by atoms with van der Waals surface area (Å²) in [5, 5.41) is 4.57. The number of anilines is 1. The molecular formula is C14H22N4S. The molecule has 0 amide bonds. The number of aryl methyl sites for hydroxylation is 2. The van der Waals surface area contributed by atoms with Gasteiger partial charge in [-0.3, -0.25) is 0 Å². The van der Waals surface area contributed by atoms with Crippen LogP contribution in [0, 0.1) is 19.8 Å². The van der Waals surface area contributed by atoms with Gasteiger partial charge in [0, 0.05) is 23.8 Å². The van der Waals surface area contributed by atoms with Crippen molar-refractivity contribution in [1.82, 2.24) is 14.5 Å². The smallest absolute Gasteiger partial charge is 0.203 e. The summed E-state index contributed by atoms with van der Waals surface area (Å²) < 4.78 is 2.19. The Labute approximate surface area is 118 Å². The number of aromatic nitrogens is 3. The van der Waals surface area contributed by atoms with Gasteiger partial charge >= 0.3 is 0 Å². The molecule has 1 unspecified atom stereocenters. The van der Waals surface area contributed by atoms with Crippen molar-refractivity contribution in [2.24, 2.45) is 5.92 Å². The van der Waals surface area contributed by atoms with Crippen LogP contribution in [0.1, 0.15) is 42.4 Å². The number of imidazole rings is 1. The van der Waals surface area contributed by atoms with E-state index in [1.165, 1.54) is 4.88 Å². The fourth-order valence-corrected chi connectivity index (χ4v) is 2.80. The molecule has 0 aliphatic carbocycles. The van der Waals surface area contributed by atoms with Crippen molar-refractivity contribution in [3.8, 4) is 0 Å². The van der Waals surface area contributed by atoms with Crippen LogP contribution in [0.3, 0.4) is 0 Å². The van der Waals surface area contributed by atoms with Crippen molar-refractivity contribution >= 4 is 17.3 Å². The van der Waals surface area contributed by atoms with Crippen LogP contribution in [0.25, 0.3) is 0 Å². The molecule has 5 heteroatoms. The molecule has 0 bridgehead atoms. The van der Waals surface area contributed by atoms with E-state index in [0.29, 0.717) is 5.92 Å². The van der Waals surface area contributed by atoms with E-state index >= 15 is 0 Å². The van der Waals surface area contributed by atoms with E-state index in [1.54, 1.807) is 11.3 Å². The third kappa shape index (κ3) is 3.56. The quantitative estimate of drug-likeness (QED) is 0.905. The first-order valence-electron chi connectivity index (χ1n) is 6.68. The molecule has 0 spiro atoms. The van der Waals surface area contributed by atoms with Gasteiger partial charge in [0.25, 0.3) is 0 Å². The summed E-state index contributed by atoms with van der Waals surface area (Å²) in [6, 6.07) is 0.186. The van der Waals surface area contributed by atoms with Gasteiger partial charge in [0.1, 0.15) is 5.01 Å². The molecule has 2 aromatic heterocycles. The summed E-state index contributed by atoms with van der Waals surface area (Å²) in [6.45, 7) is 11.6. The Hall–Kier alpha value is -1.36. The Balaban J connectivity index is 2.14. The molecule has 0 aliphatic heterocycles. The lowest BCUT2D eigenvalue weighted by atomic mass is 10.2. The van der Waals surface area contributed by atoms with Crippen LogP contribution in [0.4, 0.5) is 5.95 Å². The zero-order chi connectivity index (χ0) is 14.0. The molecule has 0 saturated carbocycles. The number of thiazole rings is 1. The second kappa shape index (κ2) is 5.74. The predicted molar refractivity (Wildman–Crippen MR) is 80.7 cm³/mol. The highest BCUT2D eigenvalue weighted by Gasteiger charge is 2.13. The molecule has 0 radical (unpaired) electrons. The molecule has 0 fully saturated rings. The molecule has 4 nitrogen and oxygen atoms in total. The van der Waals surface area contributed by atoms with Crippen molar-refractivity contribution in [2.45, 2.75) is 47.2 Å². The first-order valence-corrected chi connectivity index (χ1v) is 7.50. The van der Waals surface area contributed by atoms with Gasteiger partial charge in [-0.1, -0.05) is 13.8 Å². The van der Waals surface area contributed by atoms with Crippen molar-refractivity contribution < 1.29 is 0 Å². The molecule has 2 aromatic rings. The molecule has 0 saturated heterocycles. The largest absolute Gasteiger partial charge is 0.347 e. The molecule has 19 heavy (non-hydrogen) atoms. The van der Waals surface area contributed by atoms with Crippen LogP contribution < -0.4 is 5.32 Å². The summed E-state index contributed by atoms with van der Waals surface area (Å²) in [6.07, 6.45) is 4.02. The molecule has 2 heterocycles. The Morgan fingerprint density at radius 1 is 1.32 bits per heavy atom. The van der Waals surface area contributed by atoms with E-state index < -0.39 is 0 Å². The molecule has 1 atom stereocenters. The van der Waals surface area contributed by atoms with Crippen LogP contribution in [-0.2, 0) is 6.54 Å². The topological polar surface area (TPSA) is 42.7 Å². The van der Waals surface area contributed by atoms with E-state index in [-0.39, 0.29) is 6.04 Å². The highest BCUT2D eigenvalue weighted by molar-refractivity contribution is 7.11. The SMILES string of the molecule is Cc1cn(CC(C)C)c(NC(C)c2ncc(C)s2)n1. The first kappa shape index (κ1) is 14.1. The molecule has 0 aromatic carbocycles. The molecule has 1 N–H and O–H groups in total. The summed E-state index contributed by atoms with van der Waals surface area (Å²) in [5.74, 6) is 1.54. The number of hydrogen-bond acceptors (Lipinski definition) is 4. The van der Waals surface area contributed by atoms with Crippen LogP contribution in [-0.4, -0.2) is 14.5 Å². The van der Waals surface area contributed by atoms with Gasteiger partial charge in [-0.05, 0) is 26.7 Å². The average molecular weight is 278 g/mol. The van der Waals surface area contributed by atoms with Crippen molar-refractivity contribution in [2.75, 3.05) is 5.32 Å². The van der Waals surface area contributed by atoms with Crippen molar-refractivity contribution in [1.29, 1.82) is 0 Å². The van der Waals surface area contributed by atoms with Gasteiger partial charge < -0.3 is 9.88 Å². The zero-order valence-electron chi connectivity index (χ0n) is 12.3. The number of nitrogens with zero attached hydrogens (tertiary/aromatic N) is 3. The van der Waals surface area contributed by atoms with E-state index in [4.69, 9.17) is 0 Å². The minimum atomic E-state index is 0.186. The number of nitrogens with one attached hydrogen (secondary N) is 1. The lowest BCUT2D eigenvalue weighted by Gasteiger charge is -2.15.